The summed E-state index contributed by atoms with van der Waals surface area (Å²) in [5.74, 6) is -1.60. The van der Waals surface area contributed by atoms with Crippen LogP contribution in [0.25, 0.3) is 0 Å². The van der Waals surface area contributed by atoms with Gasteiger partial charge in [0.1, 0.15) is 29.0 Å². The van der Waals surface area contributed by atoms with Crippen LogP contribution in [0.2, 0.25) is 0 Å². The highest BCUT2D eigenvalue weighted by Gasteiger charge is 2.47. The Hall–Kier alpha value is -4.08. The fourth-order valence-corrected chi connectivity index (χ4v) is 6.18. The van der Waals surface area contributed by atoms with Gasteiger partial charge >= 0.3 is 12.1 Å². The van der Waals surface area contributed by atoms with E-state index in [-0.39, 0.29) is 36.6 Å². The molecule has 2 aromatic carbocycles. The molecule has 1 heterocycles. The minimum atomic E-state index is -4.69. The van der Waals surface area contributed by atoms with Crippen molar-refractivity contribution in [2.45, 2.75) is 65.7 Å². The van der Waals surface area contributed by atoms with Gasteiger partial charge in [-0.2, -0.15) is 13.2 Å². The minimum absolute atomic E-state index is 0.0273. The number of methoxy groups -OCH3 is 2. The van der Waals surface area contributed by atoms with Gasteiger partial charge in [-0.3, -0.25) is 9.59 Å². The molecule has 7 nitrogen and oxygen atoms in total. The minimum Gasteiger partial charge on any atom is -0.497 e. The number of hydrogen-bond donors (Lipinski definition) is 0. The Morgan fingerprint density at radius 1 is 0.978 bits per heavy atom. The SMILES string of the molecule is CCOC(=O)C1CC(C(C)C)C(c2nc(N(Cc3ccc(OC)cc3)Cc3ccc(OC)cc3)cc(C)c2C(F)(F)F)CC1=O. The fraction of sp³-hybridized carbons (Fsp3) is 0.457. The highest BCUT2D eigenvalue weighted by atomic mass is 19.4. The number of nitrogens with zero attached hydrogens (tertiary/aromatic N) is 2. The maximum atomic E-state index is 14.7. The number of ether oxygens (including phenoxy) is 3. The first kappa shape index (κ1) is 33.8. The molecule has 0 bridgehead atoms. The topological polar surface area (TPSA) is 78.0 Å². The van der Waals surface area contributed by atoms with Crippen molar-refractivity contribution >= 4 is 17.6 Å². The number of rotatable bonds is 11. The molecule has 0 aliphatic heterocycles. The number of alkyl halides is 3. The maximum Gasteiger partial charge on any atom is 0.418 e. The number of aromatic nitrogens is 1. The van der Waals surface area contributed by atoms with Gasteiger partial charge in [0.2, 0.25) is 0 Å². The van der Waals surface area contributed by atoms with E-state index >= 15 is 0 Å². The summed E-state index contributed by atoms with van der Waals surface area (Å²) >= 11 is 0. The third-order valence-corrected chi connectivity index (χ3v) is 8.52. The van der Waals surface area contributed by atoms with Gasteiger partial charge < -0.3 is 19.1 Å². The Balaban J connectivity index is 1.83. The molecule has 1 saturated carbocycles. The van der Waals surface area contributed by atoms with Crippen LogP contribution < -0.4 is 14.4 Å². The van der Waals surface area contributed by atoms with E-state index in [9.17, 15) is 22.8 Å². The Morgan fingerprint density at radius 2 is 1.51 bits per heavy atom. The van der Waals surface area contributed by atoms with Crippen LogP contribution in [-0.4, -0.2) is 37.6 Å². The van der Waals surface area contributed by atoms with Crippen molar-refractivity contribution in [1.82, 2.24) is 4.98 Å². The Kier molecular flexibility index (Phi) is 10.8. The molecule has 0 radical (unpaired) electrons. The van der Waals surface area contributed by atoms with Gasteiger partial charge in [0.25, 0.3) is 0 Å². The third-order valence-electron chi connectivity index (χ3n) is 8.52. The molecule has 3 aromatic rings. The summed E-state index contributed by atoms with van der Waals surface area (Å²) in [6, 6.07) is 16.4. The number of aryl methyl sites for hydroxylation is 1. The van der Waals surface area contributed by atoms with Crippen LogP contribution in [0.3, 0.4) is 0 Å². The third kappa shape index (κ3) is 7.96. The summed E-state index contributed by atoms with van der Waals surface area (Å²) in [5, 5.41) is 0. The van der Waals surface area contributed by atoms with Crippen LogP contribution in [0.4, 0.5) is 19.0 Å². The van der Waals surface area contributed by atoms with E-state index in [1.54, 1.807) is 21.1 Å². The predicted octanol–water partition coefficient (Wildman–Crippen LogP) is 7.53. The summed E-state index contributed by atoms with van der Waals surface area (Å²) in [6.07, 6.45) is -4.80. The molecule has 242 valence electrons. The molecule has 0 amide bonds. The number of benzene rings is 2. The average molecular weight is 627 g/mol. The predicted molar refractivity (Wildman–Crippen MR) is 165 cm³/mol. The van der Waals surface area contributed by atoms with E-state index in [1.165, 1.54) is 13.0 Å². The highest BCUT2D eigenvalue weighted by Crippen LogP contribution is 2.47. The monoisotopic (exact) mass is 626 g/mol. The number of pyridine rings is 1. The number of carbonyl (C=O) groups excluding carboxylic acids is 2. The summed E-state index contributed by atoms with van der Waals surface area (Å²) < 4.78 is 59.9. The maximum absolute atomic E-state index is 14.7. The molecule has 0 spiro atoms. The molecule has 10 heteroatoms. The fourth-order valence-electron chi connectivity index (χ4n) is 6.18. The first-order valence-electron chi connectivity index (χ1n) is 15.1. The van der Waals surface area contributed by atoms with Crippen molar-refractivity contribution in [2.24, 2.45) is 17.8 Å². The standard InChI is InChI=1S/C35H41F3N2O5/c1-7-45-34(42)29-17-27(21(2)3)28(18-30(29)41)33-32(35(36,37)38)22(4)16-31(39-33)40(19-23-8-12-25(43-5)13-9-23)20-24-10-14-26(44-6)15-11-24/h8-16,21,27-29H,7,17-20H2,1-6H3. The van der Waals surface area contributed by atoms with Crippen LogP contribution in [0, 0.1) is 24.7 Å². The van der Waals surface area contributed by atoms with Crippen molar-refractivity contribution in [3.63, 3.8) is 0 Å². The molecule has 3 atom stereocenters. The lowest BCUT2D eigenvalue weighted by Crippen LogP contribution is -2.39. The molecule has 3 unspecified atom stereocenters. The lowest BCUT2D eigenvalue weighted by molar-refractivity contribution is -0.154. The van der Waals surface area contributed by atoms with E-state index in [0.29, 0.717) is 30.4 Å². The van der Waals surface area contributed by atoms with Gasteiger partial charge in [0.05, 0.1) is 32.1 Å². The molecule has 0 N–H and O–H groups in total. The van der Waals surface area contributed by atoms with E-state index in [2.05, 4.69) is 0 Å². The lowest BCUT2D eigenvalue weighted by atomic mass is 9.67. The van der Waals surface area contributed by atoms with Crippen LogP contribution in [0.15, 0.2) is 54.6 Å². The Labute approximate surface area is 262 Å². The van der Waals surface area contributed by atoms with Crippen molar-refractivity contribution < 1.29 is 37.0 Å². The van der Waals surface area contributed by atoms with Crippen LogP contribution in [0.5, 0.6) is 11.5 Å². The zero-order valence-electron chi connectivity index (χ0n) is 26.6. The quantitative estimate of drug-likeness (QED) is 0.161. The van der Waals surface area contributed by atoms with Gasteiger partial charge in [-0.05, 0) is 79.1 Å². The zero-order chi connectivity index (χ0) is 32.9. The van der Waals surface area contributed by atoms with Gasteiger partial charge in [-0.15, -0.1) is 0 Å². The van der Waals surface area contributed by atoms with E-state index in [4.69, 9.17) is 19.2 Å². The molecule has 1 aromatic heterocycles. The number of anilines is 1. The number of esters is 1. The first-order valence-corrected chi connectivity index (χ1v) is 15.1. The number of ketones is 1. The molecular weight excluding hydrogens is 585 g/mol. The van der Waals surface area contributed by atoms with Crippen molar-refractivity contribution in [3.05, 3.63) is 82.5 Å². The van der Waals surface area contributed by atoms with E-state index in [0.717, 1.165) is 11.1 Å². The Bertz CT molecular complexity index is 1420. The molecular formula is C35H41F3N2O5. The second-order valence-corrected chi connectivity index (χ2v) is 11.8. The van der Waals surface area contributed by atoms with Gasteiger partial charge in [0, 0.05) is 25.4 Å². The number of hydrogen-bond acceptors (Lipinski definition) is 7. The molecule has 1 aliphatic rings. The largest absolute Gasteiger partial charge is 0.497 e. The molecule has 0 saturated heterocycles. The van der Waals surface area contributed by atoms with Crippen molar-refractivity contribution in [3.8, 4) is 11.5 Å². The van der Waals surface area contributed by atoms with E-state index in [1.807, 2.05) is 67.3 Å². The Morgan fingerprint density at radius 3 is 1.96 bits per heavy atom. The molecule has 4 rings (SSSR count). The molecule has 45 heavy (non-hydrogen) atoms. The van der Waals surface area contributed by atoms with Gasteiger partial charge in [-0.1, -0.05) is 38.1 Å². The molecule has 1 aliphatic carbocycles. The summed E-state index contributed by atoms with van der Waals surface area (Å²) in [6.45, 7) is 7.74. The summed E-state index contributed by atoms with van der Waals surface area (Å²) in [5.41, 5.74) is 0.879. The highest BCUT2D eigenvalue weighted by molar-refractivity contribution is 6.00. The summed E-state index contributed by atoms with van der Waals surface area (Å²) in [4.78, 5) is 32.6. The van der Waals surface area contributed by atoms with E-state index < -0.39 is 41.2 Å². The van der Waals surface area contributed by atoms with Crippen LogP contribution in [-0.2, 0) is 33.6 Å². The number of halogens is 3. The zero-order valence-corrected chi connectivity index (χ0v) is 26.6. The second kappa shape index (κ2) is 14.3. The van der Waals surface area contributed by atoms with Gasteiger partial charge in [-0.25, -0.2) is 4.98 Å². The molecule has 1 fully saturated rings. The second-order valence-electron chi connectivity index (χ2n) is 11.8. The number of Topliss-reactive ketones (excluding diaryl/α,β-unsaturated/α-hetero) is 1. The van der Waals surface area contributed by atoms with Crippen molar-refractivity contribution in [1.29, 1.82) is 0 Å². The number of carbonyl (C=O) groups is 2. The average Bonchev–Trinajstić information content (AvgIpc) is 3.00. The van der Waals surface area contributed by atoms with Gasteiger partial charge in [0.15, 0.2) is 0 Å². The smallest absolute Gasteiger partial charge is 0.418 e. The van der Waals surface area contributed by atoms with Crippen LogP contribution in [0.1, 0.15) is 67.5 Å². The van der Waals surface area contributed by atoms with Crippen LogP contribution >= 0.6 is 0 Å². The first-order chi connectivity index (χ1) is 21.4. The van der Waals surface area contributed by atoms with Crippen molar-refractivity contribution in [2.75, 3.05) is 25.7 Å². The normalized spacial score (nSPS) is 18.5. The lowest BCUT2D eigenvalue weighted by Gasteiger charge is -2.38. The summed E-state index contributed by atoms with van der Waals surface area (Å²) in [7, 11) is 3.16.